The summed E-state index contributed by atoms with van der Waals surface area (Å²) in [6.07, 6.45) is 6.55. The molecule has 0 atom stereocenters. The van der Waals surface area contributed by atoms with Crippen molar-refractivity contribution in [1.29, 1.82) is 0 Å². The molecule has 0 bridgehead atoms. The largest absolute Gasteiger partial charge is 0.454 e. The molecule has 140 valence electrons. The predicted molar refractivity (Wildman–Crippen MR) is 94.9 cm³/mol. The number of urea groups is 1. The Kier molecular flexibility index (Phi) is 4.97. The molecular weight excluding hydrogens is 334 g/mol. The molecule has 1 aromatic rings. The average Bonchev–Trinajstić information content (AvgIpc) is 3.10. The summed E-state index contributed by atoms with van der Waals surface area (Å²) in [4.78, 5) is 26.3. The van der Waals surface area contributed by atoms with Gasteiger partial charge in [-0.2, -0.15) is 0 Å². The number of carbonyl (C=O) groups excluding carboxylic acids is 2. The topological polar surface area (TPSA) is 79.9 Å². The number of carbonyl (C=O) groups is 2. The van der Waals surface area contributed by atoms with E-state index in [4.69, 9.17) is 9.47 Å². The Labute approximate surface area is 153 Å². The van der Waals surface area contributed by atoms with Gasteiger partial charge in [0.2, 0.25) is 12.7 Å². The Morgan fingerprint density at radius 2 is 1.85 bits per heavy atom. The van der Waals surface area contributed by atoms with Crippen LogP contribution in [0.5, 0.6) is 11.5 Å². The molecule has 0 radical (unpaired) electrons. The normalized spacial score (nSPS) is 19.0. The van der Waals surface area contributed by atoms with Crippen molar-refractivity contribution in [2.75, 3.05) is 13.3 Å². The molecule has 1 heterocycles. The first-order valence-corrected chi connectivity index (χ1v) is 9.40. The van der Waals surface area contributed by atoms with Gasteiger partial charge in [-0.3, -0.25) is 15.0 Å². The molecular formula is C19H25N3O4. The first kappa shape index (κ1) is 17.1. The minimum absolute atomic E-state index is 0.219. The zero-order valence-corrected chi connectivity index (χ0v) is 14.8. The molecule has 26 heavy (non-hydrogen) atoms. The number of fused-ring (bicyclic) bond motifs is 1. The second kappa shape index (κ2) is 7.53. The van der Waals surface area contributed by atoms with Crippen LogP contribution in [0.4, 0.5) is 4.79 Å². The lowest BCUT2D eigenvalue weighted by atomic mass is 10.1. The third kappa shape index (κ3) is 4.27. The van der Waals surface area contributed by atoms with E-state index in [0.29, 0.717) is 12.6 Å². The van der Waals surface area contributed by atoms with Crippen LogP contribution in [-0.4, -0.2) is 42.3 Å². The Bertz CT molecular complexity index is 683. The number of hydrogen-bond donors (Lipinski definition) is 2. The standard InChI is InChI=1S/C19H25N3O4/c23-18(21-19(24)20-14-6-7-14)11-22(15-3-1-2-4-15)10-13-5-8-16-17(9-13)26-12-25-16/h5,8-9,14-15H,1-4,6-7,10-12H2,(H2,20,21,23,24). The van der Waals surface area contributed by atoms with Gasteiger partial charge in [0.05, 0.1) is 6.54 Å². The first-order chi connectivity index (χ1) is 12.7. The van der Waals surface area contributed by atoms with Crippen LogP contribution in [0.15, 0.2) is 18.2 Å². The van der Waals surface area contributed by atoms with Crippen molar-refractivity contribution in [3.8, 4) is 11.5 Å². The molecule has 0 unspecified atom stereocenters. The monoisotopic (exact) mass is 359 g/mol. The number of benzene rings is 1. The van der Waals surface area contributed by atoms with Crippen molar-refractivity contribution in [2.45, 2.75) is 57.2 Å². The SMILES string of the molecule is O=C(CN(Cc1ccc2c(c1)OCO2)C1CCCC1)NC(=O)NC1CC1. The molecule has 1 aromatic carbocycles. The summed E-state index contributed by atoms with van der Waals surface area (Å²) in [5, 5.41) is 5.24. The van der Waals surface area contributed by atoms with E-state index in [-0.39, 0.29) is 31.3 Å². The third-order valence-electron chi connectivity index (χ3n) is 5.18. The highest BCUT2D eigenvalue weighted by molar-refractivity contribution is 5.95. The Morgan fingerprint density at radius 1 is 1.08 bits per heavy atom. The lowest BCUT2D eigenvalue weighted by molar-refractivity contribution is -0.121. The van der Waals surface area contributed by atoms with Crippen LogP contribution in [0.2, 0.25) is 0 Å². The van der Waals surface area contributed by atoms with Gasteiger partial charge in [-0.15, -0.1) is 0 Å². The Balaban J connectivity index is 1.38. The van der Waals surface area contributed by atoms with Gasteiger partial charge in [0.25, 0.3) is 0 Å². The van der Waals surface area contributed by atoms with E-state index in [1.807, 2.05) is 18.2 Å². The molecule has 7 heteroatoms. The maximum atomic E-state index is 12.3. The van der Waals surface area contributed by atoms with Crippen LogP contribution in [0.1, 0.15) is 44.1 Å². The highest BCUT2D eigenvalue weighted by Crippen LogP contribution is 2.33. The molecule has 0 spiro atoms. The smallest absolute Gasteiger partial charge is 0.321 e. The molecule has 3 aliphatic rings. The summed E-state index contributed by atoms with van der Waals surface area (Å²) in [6.45, 7) is 1.12. The molecule has 2 saturated carbocycles. The summed E-state index contributed by atoms with van der Waals surface area (Å²) < 4.78 is 10.8. The molecule has 3 amide bonds. The van der Waals surface area contributed by atoms with Crippen LogP contribution in [0.25, 0.3) is 0 Å². The fraction of sp³-hybridized carbons (Fsp3) is 0.579. The molecule has 2 fully saturated rings. The predicted octanol–water partition coefficient (Wildman–Crippen LogP) is 2.15. The van der Waals surface area contributed by atoms with Crippen molar-refractivity contribution in [2.24, 2.45) is 0 Å². The Hall–Kier alpha value is -2.28. The molecule has 1 aliphatic heterocycles. The van der Waals surface area contributed by atoms with E-state index in [9.17, 15) is 9.59 Å². The van der Waals surface area contributed by atoms with Gasteiger partial charge in [0.1, 0.15) is 0 Å². The molecule has 2 N–H and O–H groups in total. The van der Waals surface area contributed by atoms with Crippen LogP contribution in [-0.2, 0) is 11.3 Å². The molecule has 2 aliphatic carbocycles. The van der Waals surface area contributed by atoms with Gasteiger partial charge >= 0.3 is 6.03 Å². The summed E-state index contributed by atoms with van der Waals surface area (Å²) in [7, 11) is 0. The maximum Gasteiger partial charge on any atom is 0.321 e. The lowest BCUT2D eigenvalue weighted by Crippen LogP contribution is -2.46. The second-order valence-corrected chi connectivity index (χ2v) is 7.33. The fourth-order valence-electron chi connectivity index (χ4n) is 3.66. The number of ether oxygens (including phenoxy) is 2. The fourth-order valence-corrected chi connectivity index (χ4v) is 3.66. The van der Waals surface area contributed by atoms with Crippen molar-refractivity contribution < 1.29 is 19.1 Å². The van der Waals surface area contributed by atoms with Crippen molar-refractivity contribution in [3.63, 3.8) is 0 Å². The van der Waals surface area contributed by atoms with Gasteiger partial charge in [-0.25, -0.2) is 4.79 Å². The van der Waals surface area contributed by atoms with Gasteiger partial charge < -0.3 is 14.8 Å². The zero-order valence-electron chi connectivity index (χ0n) is 14.8. The number of amides is 3. The first-order valence-electron chi connectivity index (χ1n) is 9.40. The summed E-state index contributed by atoms with van der Waals surface area (Å²) in [5.41, 5.74) is 1.08. The molecule has 7 nitrogen and oxygen atoms in total. The van der Waals surface area contributed by atoms with Crippen molar-refractivity contribution in [1.82, 2.24) is 15.5 Å². The quantitative estimate of drug-likeness (QED) is 0.814. The summed E-state index contributed by atoms with van der Waals surface area (Å²) in [5.74, 6) is 1.26. The maximum absolute atomic E-state index is 12.3. The molecule has 0 saturated heterocycles. The number of nitrogens with zero attached hydrogens (tertiary/aromatic N) is 1. The Morgan fingerprint density at radius 3 is 2.62 bits per heavy atom. The number of hydrogen-bond acceptors (Lipinski definition) is 5. The zero-order chi connectivity index (χ0) is 17.9. The van der Waals surface area contributed by atoms with Crippen molar-refractivity contribution >= 4 is 11.9 Å². The molecule has 0 aromatic heterocycles. The van der Waals surface area contributed by atoms with E-state index in [1.165, 1.54) is 12.8 Å². The van der Waals surface area contributed by atoms with Crippen LogP contribution < -0.4 is 20.1 Å². The van der Waals surface area contributed by atoms with E-state index in [2.05, 4.69) is 15.5 Å². The van der Waals surface area contributed by atoms with E-state index in [0.717, 1.165) is 42.7 Å². The second-order valence-electron chi connectivity index (χ2n) is 7.33. The number of rotatable bonds is 6. The van der Waals surface area contributed by atoms with Crippen LogP contribution in [0, 0.1) is 0 Å². The average molecular weight is 359 g/mol. The van der Waals surface area contributed by atoms with E-state index >= 15 is 0 Å². The minimum Gasteiger partial charge on any atom is -0.454 e. The van der Waals surface area contributed by atoms with Gasteiger partial charge in [-0.05, 0) is 43.4 Å². The number of nitrogens with one attached hydrogen (secondary N) is 2. The van der Waals surface area contributed by atoms with Crippen molar-refractivity contribution in [3.05, 3.63) is 23.8 Å². The van der Waals surface area contributed by atoms with Gasteiger partial charge in [0.15, 0.2) is 11.5 Å². The summed E-state index contributed by atoms with van der Waals surface area (Å²) in [6, 6.07) is 6.12. The van der Waals surface area contributed by atoms with Gasteiger partial charge in [-0.1, -0.05) is 18.9 Å². The highest BCUT2D eigenvalue weighted by atomic mass is 16.7. The molecule has 4 rings (SSSR count). The highest BCUT2D eigenvalue weighted by Gasteiger charge is 2.27. The van der Waals surface area contributed by atoms with Crippen LogP contribution >= 0.6 is 0 Å². The van der Waals surface area contributed by atoms with E-state index in [1.54, 1.807) is 0 Å². The minimum atomic E-state index is -0.382. The lowest BCUT2D eigenvalue weighted by Gasteiger charge is -2.28. The summed E-state index contributed by atoms with van der Waals surface area (Å²) >= 11 is 0. The van der Waals surface area contributed by atoms with Crippen LogP contribution in [0.3, 0.4) is 0 Å². The third-order valence-corrected chi connectivity index (χ3v) is 5.18. The number of imide groups is 1. The van der Waals surface area contributed by atoms with Gasteiger partial charge in [0, 0.05) is 18.6 Å². The van der Waals surface area contributed by atoms with E-state index < -0.39 is 0 Å².